The number of carbonyl (C=O) groups excluding carboxylic acids is 1. The zero-order chi connectivity index (χ0) is 20.1. The molecule has 0 saturated carbocycles. The van der Waals surface area contributed by atoms with E-state index in [-0.39, 0.29) is 10.8 Å². The Morgan fingerprint density at radius 3 is 2.64 bits per heavy atom. The van der Waals surface area contributed by atoms with Crippen molar-refractivity contribution in [1.29, 1.82) is 0 Å². The molecule has 7 nitrogen and oxygen atoms in total. The van der Waals surface area contributed by atoms with Gasteiger partial charge in [0.2, 0.25) is 15.9 Å². The van der Waals surface area contributed by atoms with E-state index in [0.29, 0.717) is 34.8 Å². The van der Waals surface area contributed by atoms with Crippen molar-refractivity contribution in [3.63, 3.8) is 0 Å². The number of sulfonamides is 1. The average Bonchev–Trinajstić information content (AvgIpc) is 3.04. The first-order valence-corrected chi connectivity index (χ1v) is 10.3. The lowest BCUT2D eigenvalue weighted by Gasteiger charge is -2.05. The molecule has 0 aliphatic carbocycles. The molecule has 0 atom stereocenters. The third-order valence-electron chi connectivity index (χ3n) is 3.92. The number of nitrogens with zero attached hydrogens (tertiary/aromatic N) is 1. The number of hydrogen-bond acceptors (Lipinski definition) is 5. The monoisotopic (exact) mass is 399 g/mol. The van der Waals surface area contributed by atoms with Gasteiger partial charge in [-0.15, -0.1) is 0 Å². The normalized spacial score (nSPS) is 11.9. The molecule has 1 amide bonds. The predicted octanol–water partition coefficient (Wildman–Crippen LogP) is 3.48. The Morgan fingerprint density at radius 1 is 1.18 bits per heavy atom. The Balaban J connectivity index is 1.64. The van der Waals surface area contributed by atoms with Crippen LogP contribution in [0.2, 0.25) is 0 Å². The Labute approximate surface area is 163 Å². The fourth-order valence-corrected chi connectivity index (χ4v) is 3.69. The highest BCUT2D eigenvalue weighted by Crippen LogP contribution is 2.19. The van der Waals surface area contributed by atoms with Crippen LogP contribution in [0.5, 0.6) is 0 Å². The van der Waals surface area contributed by atoms with E-state index < -0.39 is 10.0 Å². The number of nitrogens with one attached hydrogen (secondary N) is 2. The lowest BCUT2D eigenvalue weighted by Crippen LogP contribution is -2.24. The summed E-state index contributed by atoms with van der Waals surface area (Å²) >= 11 is 0. The second-order valence-corrected chi connectivity index (χ2v) is 7.97. The molecule has 8 heteroatoms. The number of rotatable bonds is 7. The van der Waals surface area contributed by atoms with Gasteiger partial charge in [0.25, 0.3) is 0 Å². The number of anilines is 1. The van der Waals surface area contributed by atoms with E-state index in [0.717, 1.165) is 6.42 Å². The van der Waals surface area contributed by atoms with Gasteiger partial charge in [0.15, 0.2) is 11.5 Å². The fraction of sp³-hybridized carbons (Fsp3) is 0.200. The van der Waals surface area contributed by atoms with Gasteiger partial charge in [-0.25, -0.2) is 18.1 Å². The van der Waals surface area contributed by atoms with E-state index in [1.807, 2.05) is 6.92 Å². The molecule has 0 aliphatic heterocycles. The maximum Gasteiger partial charge on any atom is 0.248 e. The van der Waals surface area contributed by atoms with Gasteiger partial charge in [0.05, 0.1) is 4.90 Å². The third-order valence-corrected chi connectivity index (χ3v) is 5.40. The van der Waals surface area contributed by atoms with E-state index in [4.69, 9.17) is 4.42 Å². The van der Waals surface area contributed by atoms with E-state index in [9.17, 15) is 13.2 Å². The van der Waals surface area contributed by atoms with Gasteiger partial charge in [-0.2, -0.15) is 0 Å². The molecule has 0 aliphatic rings. The highest BCUT2D eigenvalue weighted by Gasteiger charge is 2.12. The SMILES string of the molecule is CCCNS(=O)(=O)c1ccc(/C=C/C(=O)Nc2ccc3oc(C)nc3c2)cc1. The van der Waals surface area contributed by atoms with Gasteiger partial charge >= 0.3 is 0 Å². The first-order chi connectivity index (χ1) is 13.4. The molecule has 1 aromatic heterocycles. The maximum absolute atomic E-state index is 12.1. The second kappa shape index (κ2) is 8.37. The summed E-state index contributed by atoms with van der Waals surface area (Å²) in [6, 6.07) is 11.5. The van der Waals surface area contributed by atoms with Gasteiger partial charge in [-0.3, -0.25) is 4.79 Å². The summed E-state index contributed by atoms with van der Waals surface area (Å²) in [5, 5.41) is 2.76. The molecule has 0 spiro atoms. The summed E-state index contributed by atoms with van der Waals surface area (Å²) in [5.41, 5.74) is 2.66. The molecule has 2 N–H and O–H groups in total. The van der Waals surface area contributed by atoms with Crippen molar-refractivity contribution in [2.24, 2.45) is 0 Å². The molecule has 146 valence electrons. The Morgan fingerprint density at radius 2 is 1.93 bits per heavy atom. The van der Waals surface area contributed by atoms with Crippen molar-refractivity contribution in [1.82, 2.24) is 9.71 Å². The Bertz CT molecular complexity index is 1120. The van der Waals surface area contributed by atoms with Crippen molar-refractivity contribution in [2.75, 3.05) is 11.9 Å². The van der Waals surface area contributed by atoms with Crippen molar-refractivity contribution in [3.8, 4) is 0 Å². The van der Waals surface area contributed by atoms with E-state index >= 15 is 0 Å². The van der Waals surface area contributed by atoms with Crippen LogP contribution in [0.25, 0.3) is 17.2 Å². The van der Waals surface area contributed by atoms with Crippen LogP contribution in [0.1, 0.15) is 24.8 Å². The van der Waals surface area contributed by atoms with E-state index in [2.05, 4.69) is 15.0 Å². The number of amides is 1. The average molecular weight is 399 g/mol. The predicted molar refractivity (Wildman–Crippen MR) is 108 cm³/mol. The van der Waals surface area contributed by atoms with Crippen LogP contribution >= 0.6 is 0 Å². The van der Waals surface area contributed by atoms with Gasteiger partial charge in [-0.05, 0) is 48.4 Å². The molecule has 0 radical (unpaired) electrons. The molecular formula is C20H21N3O4S. The number of hydrogen-bond donors (Lipinski definition) is 2. The van der Waals surface area contributed by atoms with Crippen LogP contribution in [0.4, 0.5) is 5.69 Å². The summed E-state index contributed by atoms with van der Waals surface area (Å²) in [6.07, 6.45) is 3.72. The minimum Gasteiger partial charge on any atom is -0.441 e. The summed E-state index contributed by atoms with van der Waals surface area (Å²) in [7, 11) is -3.49. The minimum absolute atomic E-state index is 0.193. The van der Waals surface area contributed by atoms with E-state index in [1.54, 1.807) is 43.3 Å². The summed E-state index contributed by atoms with van der Waals surface area (Å²) in [5.74, 6) is 0.259. The lowest BCUT2D eigenvalue weighted by molar-refractivity contribution is -0.111. The first-order valence-electron chi connectivity index (χ1n) is 8.83. The highest BCUT2D eigenvalue weighted by atomic mass is 32.2. The van der Waals surface area contributed by atoms with E-state index in [1.165, 1.54) is 18.2 Å². The topological polar surface area (TPSA) is 101 Å². The van der Waals surface area contributed by atoms with Crippen LogP contribution in [-0.4, -0.2) is 25.9 Å². The molecule has 0 saturated heterocycles. The molecule has 3 rings (SSSR count). The Hall–Kier alpha value is -2.97. The number of aromatic nitrogens is 1. The van der Waals surface area contributed by atoms with Gasteiger partial charge < -0.3 is 9.73 Å². The molecule has 0 fully saturated rings. The van der Waals surface area contributed by atoms with Gasteiger partial charge in [0.1, 0.15) is 5.52 Å². The summed E-state index contributed by atoms with van der Waals surface area (Å²) < 4.78 is 32.0. The Kier molecular flexibility index (Phi) is 5.91. The highest BCUT2D eigenvalue weighted by molar-refractivity contribution is 7.89. The molecule has 3 aromatic rings. The summed E-state index contributed by atoms with van der Waals surface area (Å²) in [4.78, 5) is 16.5. The molecule has 28 heavy (non-hydrogen) atoms. The van der Waals surface area contributed by atoms with Crippen molar-refractivity contribution >= 4 is 38.8 Å². The molecule has 1 heterocycles. The minimum atomic E-state index is -3.49. The maximum atomic E-state index is 12.1. The fourth-order valence-electron chi connectivity index (χ4n) is 2.55. The number of fused-ring (bicyclic) bond motifs is 1. The van der Waals surface area contributed by atoms with Crippen LogP contribution < -0.4 is 10.0 Å². The number of benzene rings is 2. The van der Waals surface area contributed by atoms with Crippen LogP contribution in [0.3, 0.4) is 0 Å². The first kappa shape index (κ1) is 19.8. The number of oxazole rings is 1. The molecule has 0 bridgehead atoms. The largest absolute Gasteiger partial charge is 0.441 e. The van der Waals surface area contributed by atoms with Gasteiger partial charge in [0, 0.05) is 25.2 Å². The van der Waals surface area contributed by atoms with Crippen molar-refractivity contribution in [3.05, 3.63) is 60.0 Å². The van der Waals surface area contributed by atoms with Gasteiger partial charge in [-0.1, -0.05) is 19.1 Å². The second-order valence-electron chi connectivity index (χ2n) is 6.20. The van der Waals surface area contributed by atoms with Crippen molar-refractivity contribution in [2.45, 2.75) is 25.2 Å². The third kappa shape index (κ3) is 4.85. The molecule has 0 unspecified atom stereocenters. The van der Waals surface area contributed by atoms with Crippen LogP contribution in [0, 0.1) is 6.92 Å². The van der Waals surface area contributed by atoms with Crippen LogP contribution in [0.15, 0.2) is 57.9 Å². The van der Waals surface area contributed by atoms with Crippen molar-refractivity contribution < 1.29 is 17.6 Å². The molecular weight excluding hydrogens is 378 g/mol. The lowest BCUT2D eigenvalue weighted by atomic mass is 10.2. The number of carbonyl (C=O) groups is 1. The smallest absolute Gasteiger partial charge is 0.248 e. The number of aryl methyl sites for hydroxylation is 1. The standard InChI is InChI=1S/C20H21N3O4S/c1-3-12-21-28(25,26)17-8-4-15(5-9-17)6-11-20(24)23-16-7-10-19-18(13-16)22-14(2)27-19/h4-11,13,21H,3,12H2,1-2H3,(H,23,24)/b11-6+. The zero-order valence-electron chi connectivity index (χ0n) is 15.6. The zero-order valence-corrected chi connectivity index (χ0v) is 16.4. The van der Waals surface area contributed by atoms with Crippen LogP contribution in [-0.2, 0) is 14.8 Å². The quantitative estimate of drug-likeness (QED) is 0.592. The summed E-state index contributed by atoms with van der Waals surface area (Å²) in [6.45, 7) is 4.05. The molecule has 2 aromatic carbocycles.